The second kappa shape index (κ2) is 7.88. The van der Waals surface area contributed by atoms with Crippen molar-refractivity contribution in [2.45, 2.75) is 19.5 Å². The number of nitrogens with zero attached hydrogens (tertiary/aromatic N) is 5. The lowest BCUT2D eigenvalue weighted by molar-refractivity contribution is -0.126. The molecule has 1 atom stereocenters. The van der Waals surface area contributed by atoms with Gasteiger partial charge >= 0.3 is 0 Å². The third-order valence-electron chi connectivity index (χ3n) is 4.20. The second-order valence-electron chi connectivity index (χ2n) is 6.28. The summed E-state index contributed by atoms with van der Waals surface area (Å²) in [5.41, 5.74) is 2.91. The summed E-state index contributed by atoms with van der Waals surface area (Å²) in [5, 5.41) is 14.7. The Morgan fingerprint density at radius 3 is 2.50 bits per heavy atom. The van der Waals surface area contributed by atoms with Gasteiger partial charge in [0.2, 0.25) is 5.91 Å². The van der Waals surface area contributed by atoms with E-state index in [1.165, 1.54) is 0 Å². The van der Waals surface area contributed by atoms with E-state index in [1.54, 1.807) is 4.68 Å². The molecule has 1 heterocycles. The summed E-state index contributed by atoms with van der Waals surface area (Å²) >= 11 is 0. The van der Waals surface area contributed by atoms with Gasteiger partial charge in [0.15, 0.2) is 5.82 Å². The number of amides is 1. The minimum atomic E-state index is -0.378. The van der Waals surface area contributed by atoms with Crippen LogP contribution in [0.2, 0.25) is 0 Å². The summed E-state index contributed by atoms with van der Waals surface area (Å²) in [7, 11) is 3.79. The molecule has 2 aromatic carbocycles. The predicted octanol–water partition coefficient (Wildman–Crippen LogP) is 1.89. The van der Waals surface area contributed by atoms with Crippen molar-refractivity contribution in [2.75, 3.05) is 14.1 Å². The van der Waals surface area contributed by atoms with Crippen molar-refractivity contribution in [1.82, 2.24) is 30.4 Å². The van der Waals surface area contributed by atoms with Gasteiger partial charge in [0.25, 0.3) is 0 Å². The SMILES string of the molecule is Cc1ccccc1[C@@H](C(=O)NCc1nnnn1-c1ccccc1)N(C)C. The molecular weight excluding hydrogens is 328 g/mol. The van der Waals surface area contributed by atoms with Crippen LogP contribution in [0, 0.1) is 6.92 Å². The number of carbonyl (C=O) groups is 1. The molecule has 7 nitrogen and oxygen atoms in total. The summed E-state index contributed by atoms with van der Waals surface area (Å²) in [6, 6.07) is 17.1. The van der Waals surface area contributed by atoms with Crippen molar-refractivity contribution in [2.24, 2.45) is 0 Å². The minimum absolute atomic E-state index is 0.0908. The highest BCUT2D eigenvalue weighted by Crippen LogP contribution is 2.22. The maximum absolute atomic E-state index is 12.8. The molecule has 0 saturated carbocycles. The van der Waals surface area contributed by atoms with E-state index in [9.17, 15) is 4.79 Å². The van der Waals surface area contributed by atoms with Gasteiger partial charge in [0.05, 0.1) is 12.2 Å². The summed E-state index contributed by atoms with van der Waals surface area (Å²) in [5.74, 6) is 0.485. The first kappa shape index (κ1) is 17.8. The van der Waals surface area contributed by atoms with E-state index in [0.717, 1.165) is 16.8 Å². The summed E-state index contributed by atoms with van der Waals surface area (Å²) in [6.07, 6.45) is 0. The molecule has 0 spiro atoms. The highest BCUT2D eigenvalue weighted by molar-refractivity contribution is 5.83. The van der Waals surface area contributed by atoms with E-state index < -0.39 is 0 Å². The number of nitrogens with one attached hydrogen (secondary N) is 1. The third-order valence-corrected chi connectivity index (χ3v) is 4.20. The average molecular weight is 350 g/mol. The Bertz CT molecular complexity index is 875. The summed E-state index contributed by atoms with van der Waals surface area (Å²) < 4.78 is 1.62. The van der Waals surface area contributed by atoms with Gasteiger partial charge in [-0.1, -0.05) is 42.5 Å². The number of likely N-dealkylation sites (N-methyl/N-ethyl adjacent to an activating group) is 1. The van der Waals surface area contributed by atoms with Crippen LogP contribution in [0.3, 0.4) is 0 Å². The quantitative estimate of drug-likeness (QED) is 0.735. The number of tetrazole rings is 1. The standard InChI is InChI=1S/C19H22N6O/c1-14-9-7-8-12-16(14)18(24(2)3)19(26)20-13-17-21-22-23-25(17)15-10-5-4-6-11-15/h4-12,18H,13H2,1-3H3,(H,20,26)/t18-/m0/s1. The Labute approximate surface area is 152 Å². The predicted molar refractivity (Wildman–Crippen MR) is 98.6 cm³/mol. The molecule has 0 saturated heterocycles. The van der Waals surface area contributed by atoms with E-state index in [0.29, 0.717) is 5.82 Å². The summed E-state index contributed by atoms with van der Waals surface area (Å²) in [6.45, 7) is 2.26. The van der Waals surface area contributed by atoms with E-state index in [4.69, 9.17) is 0 Å². The van der Waals surface area contributed by atoms with Gasteiger partial charge in [-0.15, -0.1) is 5.10 Å². The molecule has 26 heavy (non-hydrogen) atoms. The molecular formula is C19H22N6O. The molecule has 1 N–H and O–H groups in total. The molecule has 0 radical (unpaired) electrons. The Balaban J connectivity index is 1.76. The van der Waals surface area contributed by atoms with E-state index >= 15 is 0 Å². The molecule has 3 rings (SSSR count). The molecule has 0 aliphatic heterocycles. The number of aromatic nitrogens is 4. The third kappa shape index (κ3) is 3.78. The van der Waals surface area contributed by atoms with Crippen LogP contribution in [-0.4, -0.2) is 45.1 Å². The van der Waals surface area contributed by atoms with E-state index in [1.807, 2.05) is 80.5 Å². The molecule has 0 bridgehead atoms. The van der Waals surface area contributed by atoms with Gasteiger partial charge in [0, 0.05) is 0 Å². The number of hydrogen-bond acceptors (Lipinski definition) is 5. The molecule has 0 unspecified atom stereocenters. The number of hydrogen-bond donors (Lipinski definition) is 1. The lowest BCUT2D eigenvalue weighted by Crippen LogP contribution is -2.37. The van der Waals surface area contributed by atoms with Crippen LogP contribution < -0.4 is 5.32 Å². The molecule has 1 amide bonds. The van der Waals surface area contributed by atoms with E-state index in [-0.39, 0.29) is 18.5 Å². The molecule has 134 valence electrons. The number of benzene rings is 2. The van der Waals surface area contributed by atoms with Crippen LogP contribution in [0.4, 0.5) is 0 Å². The maximum Gasteiger partial charge on any atom is 0.242 e. The first-order chi connectivity index (χ1) is 12.6. The molecule has 3 aromatic rings. The fourth-order valence-electron chi connectivity index (χ4n) is 2.90. The van der Waals surface area contributed by atoms with Crippen LogP contribution in [-0.2, 0) is 11.3 Å². The zero-order valence-corrected chi connectivity index (χ0v) is 15.1. The zero-order valence-electron chi connectivity index (χ0n) is 15.1. The van der Waals surface area contributed by atoms with E-state index in [2.05, 4.69) is 20.8 Å². The first-order valence-electron chi connectivity index (χ1n) is 8.40. The van der Waals surface area contributed by atoms with Crippen LogP contribution in [0.15, 0.2) is 54.6 Å². The fraction of sp³-hybridized carbons (Fsp3) is 0.263. The second-order valence-corrected chi connectivity index (χ2v) is 6.28. The molecule has 0 aliphatic carbocycles. The Kier molecular flexibility index (Phi) is 5.38. The van der Waals surface area contributed by atoms with Gasteiger partial charge in [-0.2, -0.15) is 4.68 Å². The van der Waals surface area contributed by atoms with Crippen molar-refractivity contribution in [3.8, 4) is 5.69 Å². The van der Waals surface area contributed by atoms with Gasteiger partial charge < -0.3 is 5.32 Å². The fourth-order valence-corrected chi connectivity index (χ4v) is 2.90. The van der Waals surface area contributed by atoms with Crippen molar-refractivity contribution in [3.05, 3.63) is 71.5 Å². The van der Waals surface area contributed by atoms with Crippen LogP contribution in [0.5, 0.6) is 0 Å². The van der Waals surface area contributed by atoms with Crippen LogP contribution in [0.25, 0.3) is 5.69 Å². The molecule has 0 aliphatic rings. The molecule has 0 fully saturated rings. The monoisotopic (exact) mass is 350 g/mol. The van der Waals surface area contributed by atoms with Crippen LogP contribution >= 0.6 is 0 Å². The Morgan fingerprint density at radius 1 is 1.12 bits per heavy atom. The molecule has 7 heteroatoms. The Morgan fingerprint density at radius 2 is 1.81 bits per heavy atom. The highest BCUT2D eigenvalue weighted by Gasteiger charge is 2.24. The van der Waals surface area contributed by atoms with Gasteiger partial charge in [-0.3, -0.25) is 9.69 Å². The smallest absolute Gasteiger partial charge is 0.242 e. The average Bonchev–Trinajstić information content (AvgIpc) is 3.11. The highest BCUT2D eigenvalue weighted by atomic mass is 16.2. The number of carbonyl (C=O) groups excluding carboxylic acids is 1. The van der Waals surface area contributed by atoms with Crippen molar-refractivity contribution < 1.29 is 4.79 Å². The maximum atomic E-state index is 12.8. The summed E-state index contributed by atoms with van der Waals surface area (Å²) in [4.78, 5) is 14.8. The Hall–Kier alpha value is -3.06. The van der Waals surface area contributed by atoms with Crippen molar-refractivity contribution in [3.63, 3.8) is 0 Å². The first-order valence-corrected chi connectivity index (χ1v) is 8.40. The number of rotatable bonds is 6. The number of aryl methyl sites for hydroxylation is 1. The lowest BCUT2D eigenvalue weighted by Gasteiger charge is -2.25. The minimum Gasteiger partial charge on any atom is -0.347 e. The molecule has 1 aromatic heterocycles. The van der Waals surface area contributed by atoms with Crippen LogP contribution in [0.1, 0.15) is 23.0 Å². The lowest BCUT2D eigenvalue weighted by atomic mass is 10.00. The largest absolute Gasteiger partial charge is 0.347 e. The van der Waals surface area contributed by atoms with Crippen molar-refractivity contribution >= 4 is 5.91 Å². The number of para-hydroxylation sites is 1. The van der Waals surface area contributed by atoms with Gasteiger partial charge in [-0.05, 0) is 54.7 Å². The van der Waals surface area contributed by atoms with Gasteiger partial charge in [-0.25, -0.2) is 0 Å². The zero-order chi connectivity index (χ0) is 18.5. The topological polar surface area (TPSA) is 75.9 Å². The van der Waals surface area contributed by atoms with Gasteiger partial charge in [0.1, 0.15) is 6.04 Å². The van der Waals surface area contributed by atoms with Crippen molar-refractivity contribution in [1.29, 1.82) is 0 Å². The normalized spacial score (nSPS) is 12.2.